The molecule has 3 aromatic rings. The maximum atomic E-state index is 12.5. The number of carbonyl (C=O) groups is 2. The average Bonchev–Trinajstić information content (AvgIpc) is 3.03. The number of methoxy groups -OCH3 is 1. The fraction of sp³-hybridized carbons (Fsp3) is 0.258. The van der Waals surface area contributed by atoms with Gasteiger partial charge >= 0.3 is 12.0 Å². The Labute approximate surface area is 286 Å². The van der Waals surface area contributed by atoms with Crippen molar-refractivity contribution in [2.24, 2.45) is 5.10 Å². The maximum absolute atomic E-state index is 12.5. The number of esters is 1. The molecule has 3 aromatic carbocycles. The highest BCUT2D eigenvalue weighted by molar-refractivity contribution is 9.11. The number of nitrogens with one attached hydrogen (secondary N) is 3. The minimum absolute atomic E-state index is 0.0138. The van der Waals surface area contributed by atoms with E-state index in [0.29, 0.717) is 45.2 Å². The highest BCUT2D eigenvalue weighted by atomic mass is 79.9. The molecule has 47 heavy (non-hydrogen) atoms. The molecule has 14 nitrogen and oxygen atoms in total. The van der Waals surface area contributed by atoms with Crippen molar-refractivity contribution in [1.29, 1.82) is 0 Å². The van der Waals surface area contributed by atoms with E-state index in [1.165, 1.54) is 25.5 Å². The summed E-state index contributed by atoms with van der Waals surface area (Å²) in [7, 11) is 1.26. The number of amides is 2. The van der Waals surface area contributed by atoms with Crippen LogP contribution >= 0.6 is 31.9 Å². The van der Waals surface area contributed by atoms with E-state index in [1.807, 2.05) is 0 Å². The molecule has 4 rings (SSSR count). The molecule has 0 saturated carbocycles. The summed E-state index contributed by atoms with van der Waals surface area (Å²) in [5.41, 5.74) is 5.08. The predicted molar refractivity (Wildman–Crippen MR) is 178 cm³/mol. The van der Waals surface area contributed by atoms with Gasteiger partial charge in [0, 0.05) is 27.9 Å². The molecule has 0 radical (unpaired) electrons. The standard InChI is InChI=1S/C31H31Br2N5O9/c1-4-45-25-12-19(28-27(30(40)44-3)17(2)35-31(41)36-28)7-10-24(25)46-16-26(39)37-34-14-20-11-21(32)13-23(33)29(20)47-15-18-5-8-22(9-6-18)38(42)43/h5-14,26,28,37,39H,4,15-16H2,1-3H3,(H2,35,36,41)/b34-14+/t26-,28-/m0/s1. The molecular weight excluding hydrogens is 746 g/mol. The number of nitrogens with zero attached hydrogens (tertiary/aromatic N) is 2. The number of carbonyl (C=O) groups excluding carboxylic acids is 2. The number of ether oxygens (including phenoxy) is 4. The zero-order valence-corrected chi connectivity index (χ0v) is 28.6. The van der Waals surface area contributed by atoms with Gasteiger partial charge in [-0.1, -0.05) is 22.0 Å². The van der Waals surface area contributed by atoms with Crippen molar-refractivity contribution in [2.45, 2.75) is 32.7 Å². The third-order valence-corrected chi connectivity index (χ3v) is 7.71. The van der Waals surface area contributed by atoms with Crippen molar-refractivity contribution >= 4 is 55.8 Å². The molecule has 0 aromatic heterocycles. The molecule has 0 bridgehead atoms. The number of halogens is 2. The lowest BCUT2D eigenvalue weighted by atomic mass is 9.95. The van der Waals surface area contributed by atoms with Crippen molar-refractivity contribution in [3.63, 3.8) is 0 Å². The normalized spacial score (nSPS) is 15.0. The molecule has 0 saturated heterocycles. The summed E-state index contributed by atoms with van der Waals surface area (Å²) in [4.78, 5) is 35.1. The van der Waals surface area contributed by atoms with Gasteiger partial charge in [-0.25, -0.2) is 9.59 Å². The Morgan fingerprint density at radius 3 is 2.55 bits per heavy atom. The van der Waals surface area contributed by atoms with Gasteiger partial charge in [-0.2, -0.15) is 5.10 Å². The van der Waals surface area contributed by atoms with E-state index < -0.39 is 29.2 Å². The molecule has 0 aliphatic carbocycles. The summed E-state index contributed by atoms with van der Waals surface area (Å²) in [5, 5.41) is 30.9. The fourth-order valence-electron chi connectivity index (χ4n) is 4.51. The lowest BCUT2D eigenvalue weighted by Crippen LogP contribution is -2.45. The van der Waals surface area contributed by atoms with Crippen LogP contribution in [0.25, 0.3) is 0 Å². The number of aliphatic hydroxyl groups excluding tert-OH is 1. The number of urea groups is 1. The van der Waals surface area contributed by atoms with Crippen molar-refractivity contribution in [2.75, 3.05) is 20.3 Å². The van der Waals surface area contributed by atoms with Crippen LogP contribution in [0.5, 0.6) is 17.2 Å². The van der Waals surface area contributed by atoms with Crippen LogP contribution in [0.4, 0.5) is 10.5 Å². The van der Waals surface area contributed by atoms with Crippen LogP contribution in [-0.2, 0) is 16.1 Å². The van der Waals surface area contributed by atoms with Crippen LogP contribution in [0.1, 0.15) is 36.6 Å². The Morgan fingerprint density at radius 1 is 1.13 bits per heavy atom. The number of allylic oxidation sites excluding steroid dienone is 1. The average molecular weight is 777 g/mol. The minimum atomic E-state index is -1.22. The van der Waals surface area contributed by atoms with Crippen LogP contribution < -0.4 is 30.3 Å². The molecule has 2 amide bonds. The molecule has 0 fully saturated rings. The largest absolute Gasteiger partial charge is 0.490 e. The summed E-state index contributed by atoms with van der Waals surface area (Å²) >= 11 is 6.93. The number of hydrogen-bond acceptors (Lipinski definition) is 11. The van der Waals surface area contributed by atoms with Crippen molar-refractivity contribution in [3.8, 4) is 17.2 Å². The van der Waals surface area contributed by atoms with E-state index in [2.05, 4.69) is 53.0 Å². The second-order valence-electron chi connectivity index (χ2n) is 9.93. The van der Waals surface area contributed by atoms with Gasteiger partial charge in [-0.3, -0.25) is 15.5 Å². The molecule has 1 heterocycles. The van der Waals surface area contributed by atoms with Gasteiger partial charge in [0.1, 0.15) is 19.0 Å². The van der Waals surface area contributed by atoms with E-state index in [0.717, 1.165) is 10.0 Å². The highest BCUT2D eigenvalue weighted by Gasteiger charge is 2.32. The summed E-state index contributed by atoms with van der Waals surface area (Å²) in [5.74, 6) is 0.532. The summed E-state index contributed by atoms with van der Waals surface area (Å²) in [6.45, 7) is 3.65. The number of benzene rings is 3. The molecule has 0 unspecified atom stereocenters. The van der Waals surface area contributed by atoms with Crippen molar-refractivity contribution in [3.05, 3.63) is 102 Å². The second-order valence-corrected chi connectivity index (χ2v) is 11.7. The quantitative estimate of drug-likeness (QED) is 0.0557. The van der Waals surface area contributed by atoms with E-state index in [-0.39, 0.29) is 24.5 Å². The number of rotatable bonds is 14. The van der Waals surface area contributed by atoms with E-state index in [1.54, 1.807) is 56.3 Å². The first kappa shape index (κ1) is 35.2. The zero-order chi connectivity index (χ0) is 34.1. The molecule has 248 valence electrons. The van der Waals surface area contributed by atoms with Crippen molar-refractivity contribution < 1.29 is 38.6 Å². The van der Waals surface area contributed by atoms with Crippen LogP contribution in [-0.4, -0.2) is 54.8 Å². The number of nitro groups is 1. The molecular formula is C31H31Br2N5O9. The Hall–Kier alpha value is -4.67. The Kier molecular flexibility index (Phi) is 12.2. The Bertz CT molecular complexity index is 1700. The van der Waals surface area contributed by atoms with Crippen LogP contribution in [0.2, 0.25) is 0 Å². The molecule has 1 aliphatic rings. The monoisotopic (exact) mass is 775 g/mol. The van der Waals surface area contributed by atoms with Crippen LogP contribution in [0.3, 0.4) is 0 Å². The van der Waals surface area contributed by atoms with E-state index in [4.69, 9.17) is 18.9 Å². The fourth-order valence-corrected chi connectivity index (χ4v) is 5.89. The predicted octanol–water partition coefficient (Wildman–Crippen LogP) is 5.22. The van der Waals surface area contributed by atoms with Gasteiger partial charge in [0.25, 0.3) is 5.69 Å². The molecule has 1 aliphatic heterocycles. The molecule has 0 spiro atoms. The van der Waals surface area contributed by atoms with Gasteiger partial charge in [0.2, 0.25) is 0 Å². The zero-order valence-electron chi connectivity index (χ0n) is 25.4. The Morgan fingerprint density at radius 2 is 1.87 bits per heavy atom. The second kappa shape index (κ2) is 16.2. The summed E-state index contributed by atoms with van der Waals surface area (Å²) < 4.78 is 23.8. The first-order chi connectivity index (χ1) is 22.5. The number of nitro benzene ring substituents is 1. The third-order valence-electron chi connectivity index (χ3n) is 6.67. The summed E-state index contributed by atoms with van der Waals surface area (Å²) in [6, 6.07) is 13.3. The molecule has 16 heteroatoms. The first-order valence-electron chi connectivity index (χ1n) is 14.1. The third kappa shape index (κ3) is 9.21. The van der Waals surface area contributed by atoms with E-state index in [9.17, 15) is 24.8 Å². The van der Waals surface area contributed by atoms with Gasteiger partial charge in [0.05, 0.1) is 40.9 Å². The lowest BCUT2D eigenvalue weighted by molar-refractivity contribution is -0.384. The number of hydrogen-bond donors (Lipinski definition) is 4. The minimum Gasteiger partial charge on any atom is -0.490 e. The van der Waals surface area contributed by atoms with Crippen LogP contribution in [0, 0.1) is 10.1 Å². The van der Waals surface area contributed by atoms with Gasteiger partial charge < -0.3 is 34.7 Å². The van der Waals surface area contributed by atoms with Crippen molar-refractivity contribution in [1.82, 2.24) is 16.1 Å². The van der Waals surface area contributed by atoms with Crippen LogP contribution in [0.15, 0.2) is 79.9 Å². The first-order valence-corrected chi connectivity index (χ1v) is 15.7. The number of aliphatic hydroxyl groups is 1. The maximum Gasteiger partial charge on any atom is 0.337 e. The Balaban J connectivity index is 1.42. The van der Waals surface area contributed by atoms with Gasteiger partial charge in [0.15, 0.2) is 17.7 Å². The highest BCUT2D eigenvalue weighted by Crippen LogP contribution is 2.35. The number of non-ortho nitro benzene ring substituents is 1. The van der Waals surface area contributed by atoms with E-state index >= 15 is 0 Å². The number of hydrazone groups is 1. The molecule has 2 atom stereocenters. The molecule has 4 N–H and O–H groups in total. The lowest BCUT2D eigenvalue weighted by Gasteiger charge is -2.28. The summed E-state index contributed by atoms with van der Waals surface area (Å²) in [6.07, 6.45) is 0.243. The SMILES string of the molecule is CCOc1cc([C@@H]2NC(=O)NC(C)=C2C(=O)OC)ccc1OC[C@H](O)N/N=C/c1cc(Br)cc(Br)c1OCc1ccc([N+](=O)[O-])cc1. The smallest absolute Gasteiger partial charge is 0.337 e. The van der Waals surface area contributed by atoms with Gasteiger partial charge in [-0.05, 0) is 77.3 Å². The topological polar surface area (TPSA) is 183 Å². The van der Waals surface area contributed by atoms with Gasteiger partial charge in [-0.15, -0.1) is 0 Å².